The van der Waals surface area contributed by atoms with Crippen LogP contribution in [0.1, 0.15) is 12.8 Å². The molecule has 2 aliphatic rings. The van der Waals surface area contributed by atoms with Crippen LogP contribution in [0.25, 0.3) is 33.8 Å². The molecule has 2 fully saturated rings. The number of hydrogen-bond donors (Lipinski definition) is 3. The monoisotopic (exact) mass is 515 g/mol. The van der Waals surface area contributed by atoms with Gasteiger partial charge in [0.05, 0.1) is 29.1 Å². The Morgan fingerprint density at radius 2 is 1.53 bits per heavy atom. The molecule has 0 saturated carbocycles. The summed E-state index contributed by atoms with van der Waals surface area (Å²) in [6, 6.07) is 21.1. The van der Waals surface area contributed by atoms with Gasteiger partial charge in [-0.2, -0.15) is 0 Å². The van der Waals surface area contributed by atoms with Gasteiger partial charge in [0.1, 0.15) is 17.9 Å². The Bertz CT molecular complexity index is 1390. The lowest BCUT2D eigenvalue weighted by Crippen LogP contribution is -2.36. The predicted octanol–water partition coefficient (Wildman–Crippen LogP) is 4.42. The second-order valence-electron chi connectivity index (χ2n) is 9.02. The molecule has 2 bridgehead atoms. The number of aliphatic hydroxyl groups is 2. The Hall–Kier alpha value is -4.38. The molecular weight excluding hydrogens is 490 g/mol. The maximum atomic E-state index is 10.9. The van der Waals surface area contributed by atoms with E-state index in [-0.39, 0.29) is 17.9 Å². The van der Waals surface area contributed by atoms with Gasteiger partial charge in [0, 0.05) is 23.4 Å². The number of pyridine rings is 1. The van der Waals surface area contributed by atoms with E-state index in [2.05, 4.69) is 10.3 Å². The molecular formula is C28H25N3O7. The molecule has 1 amide bonds. The minimum Gasteiger partial charge on any atom is -0.463 e. The first-order chi connectivity index (χ1) is 18.4. The van der Waals surface area contributed by atoms with Crippen molar-refractivity contribution in [2.45, 2.75) is 37.3 Å². The Morgan fingerprint density at radius 3 is 2.05 bits per heavy atom. The first-order valence-electron chi connectivity index (χ1n) is 12.1. The van der Waals surface area contributed by atoms with Crippen LogP contribution in [0.2, 0.25) is 0 Å². The van der Waals surface area contributed by atoms with Crippen LogP contribution in [0.4, 0.5) is 11.4 Å². The molecule has 6 rings (SSSR count). The van der Waals surface area contributed by atoms with Crippen molar-refractivity contribution in [2.24, 2.45) is 0 Å². The van der Waals surface area contributed by atoms with Gasteiger partial charge in [-0.25, -0.2) is 4.98 Å². The summed E-state index contributed by atoms with van der Waals surface area (Å²) in [4.78, 5) is 25.8. The molecule has 10 nitrogen and oxygen atoms in total. The molecule has 2 saturated heterocycles. The summed E-state index contributed by atoms with van der Waals surface area (Å²) in [6.45, 7) is 0. The Morgan fingerprint density at radius 1 is 0.895 bits per heavy atom. The van der Waals surface area contributed by atoms with Crippen molar-refractivity contribution in [1.82, 2.24) is 4.98 Å². The fraction of sp³-hybridized carbons (Fsp3) is 0.214. The Balaban J connectivity index is 0.000000273. The summed E-state index contributed by atoms with van der Waals surface area (Å²) < 4.78 is 10.7. The van der Waals surface area contributed by atoms with E-state index in [1.165, 1.54) is 12.1 Å². The highest BCUT2D eigenvalue weighted by atomic mass is 16.6. The zero-order chi connectivity index (χ0) is 26.6. The van der Waals surface area contributed by atoms with Crippen molar-refractivity contribution in [3.63, 3.8) is 0 Å². The van der Waals surface area contributed by atoms with Crippen molar-refractivity contribution >= 4 is 17.8 Å². The number of aromatic nitrogens is 1. The number of amides is 1. The van der Waals surface area contributed by atoms with E-state index in [9.17, 15) is 14.9 Å². The third-order valence-electron chi connectivity index (χ3n) is 6.61. The highest BCUT2D eigenvalue weighted by Gasteiger charge is 2.47. The van der Waals surface area contributed by atoms with E-state index in [0.29, 0.717) is 29.2 Å². The standard InChI is InChI=1S/C22H15N3O4.C6H10O3/c26-14-23-18-7-3-15(4-8-18)17-12-20(16-5-9-19(10-6-16)25(27)28)24-21(13-17)22-2-1-11-29-22;7-5-3-1-2-4(9-3)6(5)8/h1-14H,(H,23,26);3-8H,1-2H2. The molecule has 0 spiro atoms. The van der Waals surface area contributed by atoms with Gasteiger partial charge >= 0.3 is 0 Å². The molecule has 10 heteroatoms. The summed E-state index contributed by atoms with van der Waals surface area (Å²) in [6.07, 6.45) is 2.62. The van der Waals surface area contributed by atoms with E-state index in [4.69, 9.17) is 19.4 Å². The van der Waals surface area contributed by atoms with Gasteiger partial charge < -0.3 is 24.7 Å². The van der Waals surface area contributed by atoms with Crippen LogP contribution in [0, 0.1) is 10.1 Å². The van der Waals surface area contributed by atoms with Gasteiger partial charge in [-0.05, 0) is 72.5 Å². The lowest BCUT2D eigenvalue weighted by Gasteiger charge is -2.17. The van der Waals surface area contributed by atoms with Gasteiger partial charge in [-0.1, -0.05) is 12.1 Å². The van der Waals surface area contributed by atoms with Crippen LogP contribution >= 0.6 is 0 Å². The second kappa shape index (κ2) is 10.9. The van der Waals surface area contributed by atoms with Gasteiger partial charge in [-0.3, -0.25) is 14.9 Å². The topological polar surface area (TPSA) is 148 Å². The lowest BCUT2D eigenvalue weighted by atomic mass is 9.95. The largest absolute Gasteiger partial charge is 0.463 e. The quantitative estimate of drug-likeness (QED) is 0.194. The van der Waals surface area contributed by atoms with Crippen LogP contribution in [0.15, 0.2) is 83.5 Å². The number of carbonyl (C=O) groups excluding carboxylic acids is 1. The molecule has 4 unspecified atom stereocenters. The zero-order valence-electron chi connectivity index (χ0n) is 20.1. The average molecular weight is 516 g/mol. The molecule has 2 aliphatic heterocycles. The number of hydrogen-bond acceptors (Lipinski definition) is 8. The summed E-state index contributed by atoms with van der Waals surface area (Å²) in [5.41, 5.74) is 4.62. The van der Waals surface area contributed by atoms with E-state index in [1.54, 1.807) is 24.5 Å². The van der Waals surface area contributed by atoms with Crippen molar-refractivity contribution in [1.29, 1.82) is 0 Å². The first kappa shape index (κ1) is 25.3. The molecule has 2 aromatic heterocycles. The van der Waals surface area contributed by atoms with Crippen LogP contribution in [-0.4, -0.2) is 50.9 Å². The van der Waals surface area contributed by atoms with E-state index < -0.39 is 17.1 Å². The second-order valence-corrected chi connectivity index (χ2v) is 9.02. The van der Waals surface area contributed by atoms with Gasteiger partial charge in [0.25, 0.3) is 5.69 Å². The molecule has 4 atom stereocenters. The lowest BCUT2D eigenvalue weighted by molar-refractivity contribution is -0.384. The molecule has 38 heavy (non-hydrogen) atoms. The third-order valence-corrected chi connectivity index (χ3v) is 6.61. The predicted molar refractivity (Wildman–Crippen MR) is 139 cm³/mol. The number of rotatable bonds is 6. The summed E-state index contributed by atoms with van der Waals surface area (Å²) in [5.74, 6) is 0.620. The summed E-state index contributed by atoms with van der Waals surface area (Å²) >= 11 is 0. The SMILES string of the molecule is O=CNc1ccc(-c2cc(-c3ccc([N+](=O)[O-])cc3)nc(-c3ccco3)c2)cc1.OC1C2CCC(O2)C1O. The number of ether oxygens (including phenoxy) is 1. The zero-order valence-corrected chi connectivity index (χ0v) is 20.1. The summed E-state index contributed by atoms with van der Waals surface area (Å²) in [7, 11) is 0. The Kier molecular flexibility index (Phi) is 7.27. The highest BCUT2D eigenvalue weighted by molar-refractivity contribution is 5.78. The number of carbonyl (C=O) groups is 1. The van der Waals surface area contributed by atoms with Crippen molar-refractivity contribution < 1.29 is 29.1 Å². The molecule has 3 N–H and O–H groups in total. The van der Waals surface area contributed by atoms with Gasteiger partial charge in [0.15, 0.2) is 5.76 Å². The molecule has 4 aromatic rings. The number of benzene rings is 2. The van der Waals surface area contributed by atoms with E-state index in [1.807, 2.05) is 42.5 Å². The number of non-ortho nitro benzene ring substituents is 1. The smallest absolute Gasteiger partial charge is 0.269 e. The molecule has 2 aromatic carbocycles. The minimum atomic E-state index is -0.622. The normalized spacial score (nSPS) is 21.4. The van der Waals surface area contributed by atoms with Crippen LogP contribution in [-0.2, 0) is 9.53 Å². The van der Waals surface area contributed by atoms with Crippen molar-refractivity contribution in [3.05, 3.63) is 89.2 Å². The Labute approximate surface area is 217 Å². The average Bonchev–Trinajstić information content (AvgIpc) is 3.70. The number of aliphatic hydroxyl groups excluding tert-OH is 2. The minimum absolute atomic E-state index is 0.0226. The van der Waals surface area contributed by atoms with Gasteiger partial charge in [0.2, 0.25) is 6.41 Å². The number of nitro benzene ring substituents is 1. The number of furan rings is 1. The molecule has 0 aliphatic carbocycles. The van der Waals surface area contributed by atoms with E-state index in [0.717, 1.165) is 29.5 Å². The fourth-order valence-electron chi connectivity index (χ4n) is 4.61. The maximum absolute atomic E-state index is 10.9. The van der Waals surface area contributed by atoms with E-state index >= 15 is 0 Å². The van der Waals surface area contributed by atoms with Crippen LogP contribution < -0.4 is 5.32 Å². The highest BCUT2D eigenvalue weighted by Crippen LogP contribution is 2.34. The first-order valence-corrected chi connectivity index (χ1v) is 12.1. The maximum Gasteiger partial charge on any atom is 0.269 e. The van der Waals surface area contributed by atoms with Crippen molar-refractivity contribution in [2.75, 3.05) is 5.32 Å². The molecule has 194 valence electrons. The van der Waals surface area contributed by atoms with Crippen LogP contribution in [0.5, 0.6) is 0 Å². The van der Waals surface area contributed by atoms with Crippen LogP contribution in [0.3, 0.4) is 0 Å². The van der Waals surface area contributed by atoms with Crippen molar-refractivity contribution in [3.8, 4) is 33.8 Å². The third kappa shape index (κ3) is 5.32. The number of anilines is 1. The number of nitrogens with zero attached hydrogens (tertiary/aromatic N) is 2. The number of nitro groups is 1. The molecule has 0 radical (unpaired) electrons. The fourth-order valence-corrected chi connectivity index (χ4v) is 4.61. The molecule has 4 heterocycles. The summed E-state index contributed by atoms with van der Waals surface area (Å²) in [5, 5.41) is 31.8. The number of fused-ring (bicyclic) bond motifs is 2. The van der Waals surface area contributed by atoms with Gasteiger partial charge in [-0.15, -0.1) is 0 Å². The number of nitrogens with one attached hydrogen (secondary N) is 1.